The van der Waals surface area contributed by atoms with Crippen molar-refractivity contribution in [2.75, 3.05) is 0 Å². The van der Waals surface area contributed by atoms with E-state index >= 15 is 0 Å². The maximum absolute atomic E-state index is 13.6. The topological polar surface area (TPSA) is 28.7 Å². The van der Waals surface area contributed by atoms with Crippen LogP contribution in [0.2, 0.25) is 0 Å². The van der Waals surface area contributed by atoms with Crippen molar-refractivity contribution in [3.8, 4) is 11.4 Å². The molecule has 0 aliphatic carbocycles. The second-order valence-corrected chi connectivity index (χ2v) is 4.42. The van der Waals surface area contributed by atoms with Crippen LogP contribution in [0.5, 0.6) is 0 Å². The van der Waals surface area contributed by atoms with Crippen LogP contribution in [0.25, 0.3) is 22.4 Å². The number of aromatic amines is 1. The van der Waals surface area contributed by atoms with E-state index < -0.39 is 11.6 Å². The standard InChI is InChI=1S/C15H12F2N2/c1-2-9-3-5-10(6-4-9)15-18-13-8-11(16)7-12(17)14(13)19-15/h3-8H,2H2,1H3,(H,18,19). The molecule has 0 radical (unpaired) electrons. The Morgan fingerprint density at radius 1 is 1.11 bits per heavy atom. The summed E-state index contributed by atoms with van der Waals surface area (Å²) in [5.74, 6) is -0.716. The fraction of sp³-hybridized carbons (Fsp3) is 0.133. The number of benzene rings is 2. The Kier molecular flexibility index (Phi) is 2.78. The first-order valence-corrected chi connectivity index (χ1v) is 6.11. The second-order valence-electron chi connectivity index (χ2n) is 4.42. The highest BCUT2D eigenvalue weighted by atomic mass is 19.1. The van der Waals surface area contributed by atoms with Gasteiger partial charge in [-0.15, -0.1) is 0 Å². The van der Waals surface area contributed by atoms with E-state index in [1.165, 1.54) is 11.6 Å². The van der Waals surface area contributed by atoms with Gasteiger partial charge in [-0.3, -0.25) is 0 Å². The van der Waals surface area contributed by atoms with Crippen LogP contribution in [0.3, 0.4) is 0 Å². The number of aromatic nitrogens is 2. The molecule has 0 aliphatic heterocycles. The molecule has 1 N–H and O–H groups in total. The number of nitrogens with zero attached hydrogens (tertiary/aromatic N) is 1. The summed E-state index contributed by atoms with van der Waals surface area (Å²) in [6.07, 6.45) is 0.959. The molecule has 0 saturated heterocycles. The van der Waals surface area contributed by atoms with Crippen molar-refractivity contribution in [1.82, 2.24) is 9.97 Å². The second kappa shape index (κ2) is 4.46. The third-order valence-electron chi connectivity index (χ3n) is 3.14. The van der Waals surface area contributed by atoms with Gasteiger partial charge in [-0.05, 0) is 18.1 Å². The molecule has 3 rings (SSSR count). The summed E-state index contributed by atoms with van der Waals surface area (Å²) in [5.41, 5.74) is 2.60. The lowest BCUT2D eigenvalue weighted by molar-refractivity contribution is 0.591. The molecule has 0 saturated carbocycles. The van der Waals surface area contributed by atoms with Gasteiger partial charge in [-0.2, -0.15) is 0 Å². The van der Waals surface area contributed by atoms with E-state index in [-0.39, 0.29) is 5.52 Å². The molecule has 96 valence electrons. The maximum Gasteiger partial charge on any atom is 0.153 e. The highest BCUT2D eigenvalue weighted by Gasteiger charge is 2.10. The molecule has 0 fully saturated rings. The predicted octanol–water partition coefficient (Wildman–Crippen LogP) is 4.07. The van der Waals surface area contributed by atoms with Crippen LogP contribution in [-0.4, -0.2) is 9.97 Å². The molecule has 0 unspecified atom stereocenters. The zero-order valence-corrected chi connectivity index (χ0v) is 10.4. The van der Waals surface area contributed by atoms with Crippen LogP contribution in [0.1, 0.15) is 12.5 Å². The highest BCUT2D eigenvalue weighted by Crippen LogP contribution is 2.23. The van der Waals surface area contributed by atoms with Gasteiger partial charge >= 0.3 is 0 Å². The molecule has 1 heterocycles. The van der Waals surface area contributed by atoms with E-state index in [4.69, 9.17) is 0 Å². The Labute approximate surface area is 109 Å². The molecule has 1 aromatic heterocycles. The van der Waals surface area contributed by atoms with Crippen molar-refractivity contribution in [2.45, 2.75) is 13.3 Å². The minimum atomic E-state index is -0.650. The van der Waals surface area contributed by atoms with Gasteiger partial charge in [0.15, 0.2) is 5.82 Å². The van der Waals surface area contributed by atoms with Gasteiger partial charge in [-0.25, -0.2) is 13.8 Å². The maximum atomic E-state index is 13.6. The first-order valence-electron chi connectivity index (χ1n) is 6.11. The number of aryl methyl sites for hydroxylation is 1. The molecule has 0 spiro atoms. The average molecular weight is 258 g/mol. The van der Waals surface area contributed by atoms with Crippen molar-refractivity contribution in [3.63, 3.8) is 0 Å². The smallest absolute Gasteiger partial charge is 0.153 e. The Balaban J connectivity index is 2.12. The zero-order valence-electron chi connectivity index (χ0n) is 10.4. The van der Waals surface area contributed by atoms with E-state index in [9.17, 15) is 8.78 Å². The monoisotopic (exact) mass is 258 g/mol. The third kappa shape index (κ3) is 2.10. The Morgan fingerprint density at radius 3 is 2.53 bits per heavy atom. The fourth-order valence-corrected chi connectivity index (χ4v) is 2.08. The number of nitrogens with one attached hydrogen (secondary N) is 1. The van der Waals surface area contributed by atoms with Crippen LogP contribution in [0.15, 0.2) is 36.4 Å². The van der Waals surface area contributed by atoms with Crippen molar-refractivity contribution >= 4 is 11.0 Å². The number of rotatable bonds is 2. The first-order chi connectivity index (χ1) is 9.17. The molecule has 2 aromatic carbocycles. The van der Waals surface area contributed by atoms with Gasteiger partial charge in [0.2, 0.25) is 0 Å². The summed E-state index contributed by atoms with van der Waals surface area (Å²) in [6.45, 7) is 2.08. The summed E-state index contributed by atoms with van der Waals surface area (Å²) in [6, 6.07) is 9.93. The van der Waals surface area contributed by atoms with Crippen LogP contribution >= 0.6 is 0 Å². The lowest BCUT2D eigenvalue weighted by Gasteiger charge is -1.98. The molecule has 3 aromatic rings. The molecule has 2 nitrogen and oxygen atoms in total. The molecule has 0 atom stereocenters. The first kappa shape index (κ1) is 11.8. The van der Waals surface area contributed by atoms with Crippen molar-refractivity contribution in [1.29, 1.82) is 0 Å². The van der Waals surface area contributed by atoms with Gasteiger partial charge in [0, 0.05) is 11.6 Å². The predicted molar refractivity (Wildman–Crippen MR) is 70.8 cm³/mol. The molecule has 0 amide bonds. The Morgan fingerprint density at radius 2 is 1.84 bits per heavy atom. The summed E-state index contributed by atoms with van der Waals surface area (Å²) < 4.78 is 26.7. The van der Waals surface area contributed by atoms with Crippen LogP contribution in [-0.2, 0) is 6.42 Å². The van der Waals surface area contributed by atoms with Crippen LogP contribution in [0.4, 0.5) is 8.78 Å². The van der Waals surface area contributed by atoms with Gasteiger partial charge in [-0.1, -0.05) is 31.2 Å². The fourth-order valence-electron chi connectivity index (χ4n) is 2.08. The minimum Gasteiger partial charge on any atom is -0.338 e. The normalized spacial score (nSPS) is 11.1. The molecular formula is C15H12F2N2. The van der Waals surface area contributed by atoms with E-state index in [0.717, 1.165) is 18.1 Å². The van der Waals surface area contributed by atoms with Gasteiger partial charge in [0.25, 0.3) is 0 Å². The summed E-state index contributed by atoms with van der Waals surface area (Å²) >= 11 is 0. The van der Waals surface area contributed by atoms with E-state index in [2.05, 4.69) is 16.9 Å². The lowest BCUT2D eigenvalue weighted by Crippen LogP contribution is -1.83. The SMILES string of the molecule is CCc1ccc(-c2nc3c(F)cc(F)cc3[nH]2)cc1. The van der Waals surface area contributed by atoms with Gasteiger partial charge in [0.1, 0.15) is 17.2 Å². The Hall–Kier alpha value is -2.23. The third-order valence-corrected chi connectivity index (χ3v) is 3.14. The van der Waals surface area contributed by atoms with Crippen molar-refractivity contribution < 1.29 is 8.78 Å². The van der Waals surface area contributed by atoms with E-state index in [0.29, 0.717) is 11.3 Å². The van der Waals surface area contributed by atoms with Crippen molar-refractivity contribution in [2.24, 2.45) is 0 Å². The number of hydrogen-bond donors (Lipinski definition) is 1. The van der Waals surface area contributed by atoms with Crippen LogP contribution in [0, 0.1) is 11.6 Å². The molecular weight excluding hydrogens is 246 g/mol. The average Bonchev–Trinajstić information content (AvgIpc) is 2.83. The van der Waals surface area contributed by atoms with E-state index in [1.54, 1.807) is 0 Å². The number of fused-ring (bicyclic) bond motifs is 1. The molecule has 4 heteroatoms. The zero-order chi connectivity index (χ0) is 13.4. The van der Waals surface area contributed by atoms with Crippen LogP contribution < -0.4 is 0 Å². The molecule has 0 bridgehead atoms. The summed E-state index contributed by atoms with van der Waals surface area (Å²) in [5, 5.41) is 0. The summed E-state index contributed by atoms with van der Waals surface area (Å²) in [4.78, 5) is 7.12. The van der Waals surface area contributed by atoms with Gasteiger partial charge in [0.05, 0.1) is 5.52 Å². The minimum absolute atomic E-state index is 0.163. The molecule has 19 heavy (non-hydrogen) atoms. The van der Waals surface area contributed by atoms with Gasteiger partial charge < -0.3 is 4.98 Å². The highest BCUT2D eigenvalue weighted by molar-refractivity contribution is 5.80. The Bertz CT molecular complexity index is 730. The van der Waals surface area contributed by atoms with E-state index in [1.807, 2.05) is 24.3 Å². The summed E-state index contributed by atoms with van der Waals surface area (Å²) in [7, 11) is 0. The largest absolute Gasteiger partial charge is 0.338 e. The lowest BCUT2D eigenvalue weighted by atomic mass is 10.1. The van der Waals surface area contributed by atoms with Crippen molar-refractivity contribution in [3.05, 3.63) is 53.6 Å². The quantitative estimate of drug-likeness (QED) is 0.737. The number of hydrogen-bond acceptors (Lipinski definition) is 1. The number of imidazole rings is 1. The molecule has 0 aliphatic rings. The number of H-pyrrole nitrogens is 1. The number of halogens is 2.